The van der Waals surface area contributed by atoms with Gasteiger partial charge in [0.05, 0.1) is 12.6 Å². The number of rotatable bonds is 1. The molecule has 1 fully saturated rings. The number of hydrogen-bond donors (Lipinski definition) is 2. The summed E-state index contributed by atoms with van der Waals surface area (Å²) in [4.78, 5) is 10.4. The van der Waals surface area contributed by atoms with Crippen LogP contribution < -0.4 is 5.32 Å². The molecule has 0 aromatic carbocycles. The van der Waals surface area contributed by atoms with Crippen LogP contribution in [0, 0.1) is 0 Å². The summed E-state index contributed by atoms with van der Waals surface area (Å²) < 4.78 is 4.62. The highest BCUT2D eigenvalue weighted by Gasteiger charge is 2.29. The Morgan fingerprint density at radius 1 is 1.89 bits per heavy atom. The van der Waals surface area contributed by atoms with Crippen molar-refractivity contribution in [1.82, 2.24) is 5.32 Å². The first kappa shape index (κ1) is 6.35. The van der Waals surface area contributed by atoms with Gasteiger partial charge < -0.3 is 15.2 Å². The second kappa shape index (κ2) is 2.23. The molecule has 4 nitrogen and oxygen atoms in total. The van der Waals surface area contributed by atoms with Crippen molar-refractivity contribution < 1.29 is 14.6 Å². The Labute approximate surface area is 52.8 Å². The molecule has 1 heterocycles. The maximum atomic E-state index is 10.4. The van der Waals surface area contributed by atoms with Crippen LogP contribution in [0.25, 0.3) is 0 Å². The number of aliphatic hydroxyl groups is 1. The number of ether oxygens (including phenoxy) is 1. The quantitative estimate of drug-likeness (QED) is 0.503. The van der Waals surface area contributed by atoms with Crippen molar-refractivity contribution in [3.05, 3.63) is 0 Å². The third kappa shape index (κ3) is 1.13. The summed E-state index contributed by atoms with van der Waals surface area (Å²) in [5.41, 5.74) is 0. The normalized spacial score (nSPS) is 33.8. The van der Waals surface area contributed by atoms with Gasteiger partial charge in [0.25, 0.3) is 0 Å². The lowest BCUT2D eigenvalue weighted by molar-refractivity contribution is 0.0853. The molecule has 1 rings (SSSR count). The fourth-order valence-electron chi connectivity index (χ4n) is 0.748. The Morgan fingerprint density at radius 2 is 2.56 bits per heavy atom. The molecule has 0 aromatic heterocycles. The Bertz CT molecular complexity index is 125. The van der Waals surface area contributed by atoms with Crippen molar-refractivity contribution in [2.45, 2.75) is 19.1 Å². The molecule has 52 valence electrons. The Balaban J connectivity index is 2.47. The molecule has 0 aromatic rings. The van der Waals surface area contributed by atoms with Crippen LogP contribution in [0.5, 0.6) is 0 Å². The highest BCUT2D eigenvalue weighted by atomic mass is 16.6. The summed E-state index contributed by atoms with van der Waals surface area (Å²) in [6.45, 7) is 1.67. The zero-order chi connectivity index (χ0) is 6.85. The van der Waals surface area contributed by atoms with Crippen molar-refractivity contribution in [2.75, 3.05) is 6.61 Å². The monoisotopic (exact) mass is 131 g/mol. The van der Waals surface area contributed by atoms with Gasteiger partial charge in [0.15, 0.2) is 0 Å². The standard InChI is InChI=1S/C5H9NO3/c1-3-4(2-7)9-5(8)6-3/h3-4,7H,2H2,1H3,(H,6,8). The van der Waals surface area contributed by atoms with Gasteiger partial charge in [0.1, 0.15) is 6.10 Å². The van der Waals surface area contributed by atoms with Crippen LogP contribution in [0.3, 0.4) is 0 Å². The van der Waals surface area contributed by atoms with E-state index in [0.717, 1.165) is 0 Å². The highest BCUT2D eigenvalue weighted by molar-refractivity contribution is 5.70. The first-order chi connectivity index (χ1) is 4.24. The van der Waals surface area contributed by atoms with Crippen molar-refractivity contribution >= 4 is 6.09 Å². The number of amides is 1. The fraction of sp³-hybridized carbons (Fsp3) is 0.800. The Kier molecular flexibility index (Phi) is 1.57. The summed E-state index contributed by atoms with van der Waals surface area (Å²) in [6.07, 6.45) is -0.806. The molecule has 2 atom stereocenters. The molecule has 9 heavy (non-hydrogen) atoms. The van der Waals surface area contributed by atoms with Crippen LogP contribution in [0.15, 0.2) is 0 Å². The Hall–Kier alpha value is -0.770. The van der Waals surface area contributed by atoms with Gasteiger partial charge >= 0.3 is 6.09 Å². The third-order valence-electron chi connectivity index (χ3n) is 1.34. The molecular weight excluding hydrogens is 122 g/mol. The largest absolute Gasteiger partial charge is 0.442 e. The smallest absolute Gasteiger partial charge is 0.407 e. The number of hydrogen-bond acceptors (Lipinski definition) is 3. The molecule has 1 aliphatic rings. The molecule has 1 amide bonds. The van der Waals surface area contributed by atoms with Crippen molar-refractivity contribution in [3.63, 3.8) is 0 Å². The molecule has 4 heteroatoms. The maximum absolute atomic E-state index is 10.4. The number of nitrogens with one attached hydrogen (secondary N) is 1. The van der Waals surface area contributed by atoms with Gasteiger partial charge in [-0.05, 0) is 6.92 Å². The average Bonchev–Trinajstić information content (AvgIpc) is 2.10. The van der Waals surface area contributed by atoms with E-state index in [0.29, 0.717) is 0 Å². The third-order valence-corrected chi connectivity index (χ3v) is 1.34. The summed E-state index contributed by atoms with van der Waals surface area (Å²) in [5.74, 6) is 0. The van der Waals surface area contributed by atoms with Crippen LogP contribution >= 0.6 is 0 Å². The molecule has 1 saturated heterocycles. The molecule has 0 aliphatic carbocycles. The number of cyclic esters (lactones) is 1. The molecular formula is C5H9NO3. The molecule has 2 unspecified atom stereocenters. The van der Waals surface area contributed by atoms with Gasteiger partial charge in [0.2, 0.25) is 0 Å². The second-order valence-electron chi connectivity index (χ2n) is 2.06. The van der Waals surface area contributed by atoms with Crippen molar-refractivity contribution in [3.8, 4) is 0 Å². The van der Waals surface area contributed by atoms with Gasteiger partial charge in [-0.2, -0.15) is 0 Å². The molecule has 0 radical (unpaired) electrons. The number of alkyl carbamates (subject to hydrolysis) is 1. The van der Waals surface area contributed by atoms with E-state index >= 15 is 0 Å². The first-order valence-electron chi connectivity index (χ1n) is 2.82. The van der Waals surface area contributed by atoms with Crippen molar-refractivity contribution in [2.24, 2.45) is 0 Å². The van der Waals surface area contributed by atoms with E-state index in [-0.39, 0.29) is 18.8 Å². The zero-order valence-electron chi connectivity index (χ0n) is 5.13. The molecule has 0 bridgehead atoms. The summed E-state index contributed by atoms with van der Waals surface area (Å²) in [6, 6.07) is -0.0671. The van der Waals surface area contributed by atoms with E-state index in [1.54, 1.807) is 6.92 Å². The topological polar surface area (TPSA) is 58.6 Å². The predicted molar refractivity (Wildman–Crippen MR) is 30.0 cm³/mol. The maximum Gasteiger partial charge on any atom is 0.407 e. The number of aliphatic hydroxyl groups excluding tert-OH is 1. The van der Waals surface area contributed by atoms with Crippen LogP contribution in [0.2, 0.25) is 0 Å². The van der Waals surface area contributed by atoms with E-state index in [9.17, 15) is 4.79 Å². The average molecular weight is 131 g/mol. The zero-order valence-corrected chi connectivity index (χ0v) is 5.13. The number of carbonyl (C=O) groups is 1. The second-order valence-corrected chi connectivity index (χ2v) is 2.06. The van der Waals surface area contributed by atoms with Crippen LogP contribution in [0.4, 0.5) is 4.79 Å². The van der Waals surface area contributed by atoms with Crippen molar-refractivity contribution in [1.29, 1.82) is 0 Å². The van der Waals surface area contributed by atoms with Gasteiger partial charge in [-0.15, -0.1) is 0 Å². The molecule has 1 aliphatic heterocycles. The SMILES string of the molecule is CC1NC(=O)OC1CO. The summed E-state index contributed by atoms with van der Waals surface area (Å²) in [5, 5.41) is 11.0. The number of carbonyl (C=O) groups excluding carboxylic acids is 1. The van der Waals surface area contributed by atoms with Crippen LogP contribution in [0.1, 0.15) is 6.92 Å². The minimum atomic E-state index is -0.443. The highest BCUT2D eigenvalue weighted by Crippen LogP contribution is 2.05. The van der Waals surface area contributed by atoms with E-state index in [1.807, 2.05) is 0 Å². The lowest BCUT2D eigenvalue weighted by atomic mass is 10.2. The van der Waals surface area contributed by atoms with E-state index in [4.69, 9.17) is 5.11 Å². The molecule has 0 saturated carbocycles. The van der Waals surface area contributed by atoms with E-state index in [1.165, 1.54) is 0 Å². The van der Waals surface area contributed by atoms with Gasteiger partial charge in [-0.25, -0.2) is 4.79 Å². The van der Waals surface area contributed by atoms with E-state index < -0.39 is 6.09 Å². The fourth-order valence-corrected chi connectivity index (χ4v) is 0.748. The minimum Gasteiger partial charge on any atom is -0.442 e. The molecule has 2 N–H and O–H groups in total. The lowest BCUT2D eigenvalue weighted by Gasteiger charge is -2.06. The summed E-state index contributed by atoms with van der Waals surface area (Å²) >= 11 is 0. The lowest BCUT2D eigenvalue weighted by Crippen LogP contribution is -2.29. The Morgan fingerprint density at radius 3 is 2.78 bits per heavy atom. The minimum absolute atomic E-state index is 0.0671. The van der Waals surface area contributed by atoms with Gasteiger partial charge in [-0.1, -0.05) is 0 Å². The van der Waals surface area contributed by atoms with E-state index in [2.05, 4.69) is 10.1 Å². The van der Waals surface area contributed by atoms with Gasteiger partial charge in [-0.3, -0.25) is 0 Å². The van der Waals surface area contributed by atoms with Gasteiger partial charge in [0, 0.05) is 0 Å². The summed E-state index contributed by atoms with van der Waals surface area (Å²) in [7, 11) is 0. The predicted octanol–water partition coefficient (Wildman–Crippen LogP) is -0.524. The van der Waals surface area contributed by atoms with Crippen LogP contribution in [-0.2, 0) is 4.74 Å². The molecule has 0 spiro atoms. The first-order valence-corrected chi connectivity index (χ1v) is 2.82. The van der Waals surface area contributed by atoms with Crippen LogP contribution in [-0.4, -0.2) is 30.0 Å².